The van der Waals surface area contributed by atoms with Gasteiger partial charge in [-0.2, -0.15) is 23.0 Å². The number of fused-ring (bicyclic) bond motifs is 1. The number of nitrogens with zero attached hydrogens (tertiary/aromatic N) is 3. The van der Waals surface area contributed by atoms with Crippen LogP contribution in [0.4, 0.5) is 19.0 Å². The number of alkyl halides is 3. The summed E-state index contributed by atoms with van der Waals surface area (Å²) >= 11 is 0. The zero-order valence-electron chi connectivity index (χ0n) is 16.9. The quantitative estimate of drug-likeness (QED) is 0.484. The minimum absolute atomic E-state index is 0.0180. The zero-order chi connectivity index (χ0) is 23.2. The predicted octanol–water partition coefficient (Wildman–Crippen LogP) is 3.98. The summed E-state index contributed by atoms with van der Waals surface area (Å²) in [7, 11) is 0. The first-order valence-electron chi connectivity index (χ1n) is 10.1. The lowest BCUT2D eigenvalue weighted by Crippen LogP contribution is -2.22. The molecule has 0 fully saturated rings. The second-order valence-electron chi connectivity index (χ2n) is 7.47. The number of amides is 1. The van der Waals surface area contributed by atoms with Crippen molar-refractivity contribution in [2.45, 2.75) is 25.4 Å². The van der Waals surface area contributed by atoms with Gasteiger partial charge in [-0.1, -0.05) is 12.1 Å². The Balaban J connectivity index is 1.59. The lowest BCUT2D eigenvalue weighted by molar-refractivity contribution is -0.137. The fourth-order valence-electron chi connectivity index (χ4n) is 3.82. The third-order valence-corrected chi connectivity index (χ3v) is 5.33. The molecule has 3 heterocycles. The number of carbonyl (C=O) groups excluding carboxylic acids is 1. The first-order chi connectivity index (χ1) is 15.8. The second kappa shape index (κ2) is 7.76. The molecule has 0 saturated heterocycles. The summed E-state index contributed by atoms with van der Waals surface area (Å²) in [6, 6.07) is 9.17. The molecule has 168 valence electrons. The summed E-state index contributed by atoms with van der Waals surface area (Å²) < 4.78 is 46.7. The zero-order valence-corrected chi connectivity index (χ0v) is 16.9. The SMILES string of the molecule is O=C(Nc1cc(-c2ccco2)nn1-c1nc2c(c(=O)[nH]1)CCC2)c1ccccc1C(F)(F)F. The maximum atomic E-state index is 13.4. The summed E-state index contributed by atoms with van der Waals surface area (Å²) in [6.07, 6.45) is -1.24. The van der Waals surface area contributed by atoms with E-state index < -0.39 is 23.2 Å². The lowest BCUT2D eigenvalue weighted by Gasteiger charge is -2.13. The molecule has 1 aliphatic rings. The monoisotopic (exact) mass is 455 g/mol. The highest BCUT2D eigenvalue weighted by Gasteiger charge is 2.35. The average molecular weight is 455 g/mol. The van der Waals surface area contributed by atoms with Gasteiger partial charge in [-0.05, 0) is 43.5 Å². The van der Waals surface area contributed by atoms with Gasteiger partial charge in [0, 0.05) is 11.6 Å². The second-order valence-corrected chi connectivity index (χ2v) is 7.47. The van der Waals surface area contributed by atoms with Crippen LogP contribution in [0.2, 0.25) is 0 Å². The van der Waals surface area contributed by atoms with Gasteiger partial charge < -0.3 is 9.73 Å². The first kappa shape index (κ1) is 20.7. The van der Waals surface area contributed by atoms with Crippen LogP contribution in [0, 0.1) is 0 Å². The number of aromatic nitrogens is 4. The average Bonchev–Trinajstić information content (AvgIpc) is 3.53. The van der Waals surface area contributed by atoms with E-state index in [1.54, 1.807) is 12.1 Å². The Morgan fingerprint density at radius 2 is 1.97 bits per heavy atom. The smallest absolute Gasteiger partial charge is 0.417 e. The van der Waals surface area contributed by atoms with E-state index in [9.17, 15) is 22.8 Å². The number of carbonyl (C=O) groups is 1. The third kappa shape index (κ3) is 3.81. The van der Waals surface area contributed by atoms with Gasteiger partial charge in [0.1, 0.15) is 11.5 Å². The van der Waals surface area contributed by atoms with Gasteiger partial charge in [-0.25, -0.2) is 4.98 Å². The Labute approximate surface area is 184 Å². The highest BCUT2D eigenvalue weighted by Crippen LogP contribution is 2.32. The number of furan rings is 1. The summed E-state index contributed by atoms with van der Waals surface area (Å²) in [5.74, 6) is -0.565. The van der Waals surface area contributed by atoms with E-state index in [-0.39, 0.29) is 17.3 Å². The summed E-state index contributed by atoms with van der Waals surface area (Å²) in [4.78, 5) is 32.4. The van der Waals surface area contributed by atoms with E-state index in [1.807, 2.05) is 0 Å². The van der Waals surface area contributed by atoms with Crippen LogP contribution in [-0.4, -0.2) is 25.7 Å². The highest BCUT2D eigenvalue weighted by molar-refractivity contribution is 6.05. The Hall–Kier alpha value is -4.15. The Bertz CT molecular complexity index is 1400. The van der Waals surface area contributed by atoms with Crippen LogP contribution in [0.1, 0.15) is 33.6 Å². The minimum atomic E-state index is -4.71. The summed E-state index contributed by atoms with van der Waals surface area (Å²) in [5, 5.41) is 6.83. The molecule has 8 nitrogen and oxygen atoms in total. The van der Waals surface area contributed by atoms with E-state index in [2.05, 4.69) is 20.4 Å². The normalized spacial score (nSPS) is 13.2. The molecule has 11 heteroatoms. The molecular weight excluding hydrogens is 439 g/mol. The van der Waals surface area contributed by atoms with Crippen LogP contribution in [0.5, 0.6) is 0 Å². The standard InChI is InChI=1S/C22H16F3N5O3/c23-22(24,25)14-7-2-1-5-12(14)19(31)27-18-11-16(17-9-4-10-33-17)29-30(18)21-26-15-8-3-6-13(15)20(32)28-21/h1-2,4-5,7,9-11H,3,6,8H2,(H,27,31)(H,26,28,32). The van der Waals surface area contributed by atoms with Crippen LogP contribution in [-0.2, 0) is 19.0 Å². The molecule has 0 unspecified atom stereocenters. The van der Waals surface area contributed by atoms with Gasteiger partial charge in [0.05, 0.1) is 23.1 Å². The van der Waals surface area contributed by atoms with Crippen molar-refractivity contribution in [1.82, 2.24) is 19.7 Å². The number of halogens is 3. The van der Waals surface area contributed by atoms with E-state index in [1.165, 1.54) is 29.1 Å². The first-order valence-corrected chi connectivity index (χ1v) is 10.1. The largest absolute Gasteiger partial charge is 0.463 e. The van der Waals surface area contributed by atoms with Crippen molar-refractivity contribution in [1.29, 1.82) is 0 Å². The maximum absolute atomic E-state index is 13.4. The summed E-state index contributed by atoms with van der Waals surface area (Å²) in [5.41, 5.74) is -0.410. The van der Waals surface area contributed by atoms with Gasteiger partial charge in [0.2, 0.25) is 5.95 Å². The van der Waals surface area contributed by atoms with Crippen molar-refractivity contribution in [2.24, 2.45) is 0 Å². The van der Waals surface area contributed by atoms with Crippen LogP contribution >= 0.6 is 0 Å². The topological polar surface area (TPSA) is 106 Å². The number of hydrogen-bond acceptors (Lipinski definition) is 5. The molecule has 1 amide bonds. The van der Waals surface area contributed by atoms with Crippen LogP contribution in [0.15, 0.2) is 57.9 Å². The number of H-pyrrole nitrogens is 1. The van der Waals surface area contributed by atoms with Crippen LogP contribution < -0.4 is 10.9 Å². The number of nitrogens with one attached hydrogen (secondary N) is 2. The minimum Gasteiger partial charge on any atom is -0.463 e. The van der Waals surface area contributed by atoms with Crippen LogP contribution in [0.25, 0.3) is 17.4 Å². The van der Waals surface area contributed by atoms with E-state index in [0.29, 0.717) is 35.6 Å². The fourth-order valence-corrected chi connectivity index (χ4v) is 3.82. The third-order valence-electron chi connectivity index (χ3n) is 5.33. The highest BCUT2D eigenvalue weighted by atomic mass is 19.4. The van der Waals surface area contributed by atoms with Gasteiger partial charge in [0.25, 0.3) is 11.5 Å². The van der Waals surface area contributed by atoms with Crippen molar-refractivity contribution in [2.75, 3.05) is 5.32 Å². The van der Waals surface area contributed by atoms with Crippen molar-refractivity contribution < 1.29 is 22.4 Å². The van der Waals surface area contributed by atoms with Crippen molar-refractivity contribution in [3.05, 3.63) is 81.5 Å². The molecular formula is C22H16F3N5O3. The van der Waals surface area contributed by atoms with E-state index in [4.69, 9.17) is 4.42 Å². The molecule has 1 aliphatic carbocycles. The molecule has 5 rings (SSSR count). The molecule has 1 aromatic carbocycles. The molecule has 0 spiro atoms. The molecule has 4 aromatic rings. The molecule has 0 aliphatic heterocycles. The summed E-state index contributed by atoms with van der Waals surface area (Å²) in [6.45, 7) is 0. The van der Waals surface area contributed by atoms with Gasteiger partial charge in [-0.3, -0.25) is 14.6 Å². The van der Waals surface area contributed by atoms with Gasteiger partial charge in [0.15, 0.2) is 5.76 Å². The maximum Gasteiger partial charge on any atom is 0.417 e. The number of rotatable bonds is 4. The van der Waals surface area contributed by atoms with E-state index >= 15 is 0 Å². The van der Waals surface area contributed by atoms with Crippen molar-refractivity contribution >= 4 is 11.7 Å². The molecule has 2 N–H and O–H groups in total. The van der Waals surface area contributed by atoms with Crippen molar-refractivity contribution in [3.8, 4) is 17.4 Å². The predicted molar refractivity (Wildman–Crippen MR) is 111 cm³/mol. The number of hydrogen-bond donors (Lipinski definition) is 2. The lowest BCUT2D eigenvalue weighted by atomic mass is 10.1. The number of aromatic amines is 1. The number of benzene rings is 1. The van der Waals surface area contributed by atoms with Crippen LogP contribution in [0.3, 0.4) is 0 Å². The number of anilines is 1. The van der Waals surface area contributed by atoms with Crippen molar-refractivity contribution in [3.63, 3.8) is 0 Å². The molecule has 3 aromatic heterocycles. The molecule has 33 heavy (non-hydrogen) atoms. The molecule has 0 saturated carbocycles. The van der Waals surface area contributed by atoms with E-state index in [0.717, 1.165) is 18.6 Å². The fraction of sp³-hybridized carbons (Fsp3) is 0.182. The molecule has 0 bridgehead atoms. The van der Waals surface area contributed by atoms with Gasteiger partial charge in [-0.15, -0.1) is 0 Å². The Kier molecular flexibility index (Phi) is 4.88. The Morgan fingerprint density at radius 3 is 2.73 bits per heavy atom. The number of aryl methyl sites for hydroxylation is 1. The molecule has 0 radical (unpaired) electrons. The Morgan fingerprint density at radius 1 is 1.15 bits per heavy atom. The van der Waals surface area contributed by atoms with Gasteiger partial charge >= 0.3 is 6.18 Å². The molecule has 0 atom stereocenters.